The molecule has 0 amide bonds. The number of thioether (sulfide) groups is 1. The number of aromatic nitrogens is 6. The third-order valence-corrected chi connectivity index (χ3v) is 4.63. The summed E-state index contributed by atoms with van der Waals surface area (Å²) in [5.41, 5.74) is 0. The van der Waals surface area contributed by atoms with Gasteiger partial charge in [-0.05, 0) is 36.6 Å². The number of rotatable bonds is 8. The van der Waals surface area contributed by atoms with Gasteiger partial charge in [0.25, 0.3) is 0 Å². The molecule has 0 unspecified atom stereocenters. The van der Waals surface area contributed by atoms with Gasteiger partial charge in [0.05, 0.1) is 17.0 Å². The molecule has 0 spiro atoms. The van der Waals surface area contributed by atoms with Crippen molar-refractivity contribution in [3.63, 3.8) is 0 Å². The Morgan fingerprint density at radius 2 is 2.29 bits per heavy atom. The molecule has 21 heavy (non-hydrogen) atoms. The molecule has 0 N–H and O–H groups in total. The number of hydrogen-bond donors (Lipinski definition) is 0. The zero-order valence-corrected chi connectivity index (χ0v) is 13.2. The van der Waals surface area contributed by atoms with Gasteiger partial charge in [0.15, 0.2) is 11.6 Å². The summed E-state index contributed by atoms with van der Waals surface area (Å²) in [5, 5.41) is 16.1. The van der Waals surface area contributed by atoms with Gasteiger partial charge in [-0.3, -0.25) is 0 Å². The molecule has 1 atom stereocenters. The lowest BCUT2D eigenvalue weighted by molar-refractivity contribution is 0.374. The van der Waals surface area contributed by atoms with E-state index in [2.05, 4.69) is 39.5 Å². The molecule has 0 bridgehead atoms. The van der Waals surface area contributed by atoms with E-state index in [9.17, 15) is 0 Å². The predicted molar refractivity (Wildman–Crippen MR) is 78.7 cm³/mol. The Morgan fingerprint density at radius 1 is 1.43 bits per heavy atom. The Balaban J connectivity index is 1.54. The number of nitrogens with zero attached hydrogens (tertiary/aromatic N) is 6. The van der Waals surface area contributed by atoms with Crippen LogP contribution in [0, 0.1) is 0 Å². The highest BCUT2D eigenvalue weighted by atomic mass is 32.2. The Kier molecular flexibility index (Phi) is 4.52. The summed E-state index contributed by atoms with van der Waals surface area (Å²) in [6.45, 7) is 4.23. The highest BCUT2D eigenvalue weighted by molar-refractivity contribution is 7.98. The number of aryl methyl sites for hydroxylation is 1. The van der Waals surface area contributed by atoms with Crippen LogP contribution in [-0.2, 0) is 12.2 Å². The van der Waals surface area contributed by atoms with Crippen LogP contribution >= 0.6 is 11.8 Å². The molecule has 0 saturated heterocycles. The molecular formula is C13H20N6OS. The molecule has 1 saturated carbocycles. The molecule has 8 heteroatoms. The second kappa shape index (κ2) is 6.55. The molecule has 2 aromatic rings. The summed E-state index contributed by atoms with van der Waals surface area (Å²) >= 11 is 1.72. The van der Waals surface area contributed by atoms with Crippen LogP contribution in [0.15, 0.2) is 4.52 Å². The average Bonchev–Trinajstić information content (AvgIpc) is 3.04. The lowest BCUT2D eigenvalue weighted by atomic mass is 10.2. The molecule has 114 valence electrons. The summed E-state index contributed by atoms with van der Waals surface area (Å²) in [5.74, 6) is 3.19. The van der Waals surface area contributed by atoms with Gasteiger partial charge in [0.1, 0.15) is 0 Å². The van der Waals surface area contributed by atoms with E-state index in [1.807, 2.05) is 4.68 Å². The smallest absolute Gasteiger partial charge is 0.239 e. The molecule has 0 aromatic carbocycles. The molecule has 0 aliphatic heterocycles. The van der Waals surface area contributed by atoms with Gasteiger partial charge in [-0.25, -0.2) is 4.68 Å². The molecule has 1 fully saturated rings. The zero-order valence-electron chi connectivity index (χ0n) is 12.4. The van der Waals surface area contributed by atoms with Crippen molar-refractivity contribution in [2.24, 2.45) is 0 Å². The van der Waals surface area contributed by atoms with Crippen molar-refractivity contribution in [1.82, 2.24) is 30.3 Å². The average molecular weight is 308 g/mol. The predicted octanol–water partition coefficient (Wildman–Crippen LogP) is 2.73. The summed E-state index contributed by atoms with van der Waals surface area (Å²) in [4.78, 5) is 4.46. The SMILES string of the molecule is CCCCc1noc([C@@H](C)SCc2nnnn2C2CC2)n1. The minimum Gasteiger partial charge on any atom is -0.338 e. The van der Waals surface area contributed by atoms with Crippen molar-refractivity contribution in [2.75, 3.05) is 0 Å². The summed E-state index contributed by atoms with van der Waals surface area (Å²) < 4.78 is 7.29. The van der Waals surface area contributed by atoms with Gasteiger partial charge in [0.2, 0.25) is 5.89 Å². The first-order chi connectivity index (χ1) is 10.3. The summed E-state index contributed by atoms with van der Waals surface area (Å²) in [6.07, 6.45) is 5.48. The van der Waals surface area contributed by atoms with Crippen LogP contribution in [0.3, 0.4) is 0 Å². The fourth-order valence-electron chi connectivity index (χ4n) is 2.05. The molecule has 0 radical (unpaired) electrons. The second-order valence-electron chi connectivity index (χ2n) is 5.38. The van der Waals surface area contributed by atoms with E-state index in [1.54, 1.807) is 11.8 Å². The highest BCUT2D eigenvalue weighted by Gasteiger charge is 2.28. The largest absolute Gasteiger partial charge is 0.338 e. The van der Waals surface area contributed by atoms with Crippen LogP contribution in [0.5, 0.6) is 0 Å². The minimum atomic E-state index is 0.150. The van der Waals surface area contributed by atoms with Gasteiger partial charge < -0.3 is 4.52 Å². The summed E-state index contributed by atoms with van der Waals surface area (Å²) in [7, 11) is 0. The first-order valence-corrected chi connectivity index (χ1v) is 8.53. The monoisotopic (exact) mass is 308 g/mol. The van der Waals surface area contributed by atoms with Crippen LogP contribution in [0.2, 0.25) is 0 Å². The Bertz CT molecular complexity index is 579. The van der Waals surface area contributed by atoms with Crippen molar-refractivity contribution in [3.8, 4) is 0 Å². The standard InChI is InChI=1S/C13H20N6OS/c1-3-4-5-11-14-13(20-16-11)9(2)21-8-12-15-17-18-19(12)10-6-7-10/h9-10H,3-8H2,1-2H3/t9-/m1/s1. The van der Waals surface area contributed by atoms with E-state index in [4.69, 9.17) is 4.52 Å². The minimum absolute atomic E-state index is 0.150. The molecule has 3 rings (SSSR count). The van der Waals surface area contributed by atoms with Gasteiger partial charge in [-0.15, -0.1) is 16.9 Å². The van der Waals surface area contributed by atoms with Crippen molar-refractivity contribution in [3.05, 3.63) is 17.5 Å². The van der Waals surface area contributed by atoms with E-state index < -0.39 is 0 Å². The van der Waals surface area contributed by atoms with Crippen molar-refractivity contribution in [2.45, 2.75) is 63.0 Å². The van der Waals surface area contributed by atoms with E-state index >= 15 is 0 Å². The van der Waals surface area contributed by atoms with Crippen molar-refractivity contribution >= 4 is 11.8 Å². The topological polar surface area (TPSA) is 82.5 Å². The number of hydrogen-bond acceptors (Lipinski definition) is 7. The van der Waals surface area contributed by atoms with Gasteiger partial charge >= 0.3 is 0 Å². The van der Waals surface area contributed by atoms with E-state index in [-0.39, 0.29) is 5.25 Å². The van der Waals surface area contributed by atoms with Crippen LogP contribution in [-0.4, -0.2) is 30.3 Å². The van der Waals surface area contributed by atoms with Crippen LogP contribution < -0.4 is 0 Å². The fraction of sp³-hybridized carbons (Fsp3) is 0.769. The van der Waals surface area contributed by atoms with Crippen molar-refractivity contribution in [1.29, 1.82) is 0 Å². The van der Waals surface area contributed by atoms with E-state index in [0.717, 1.165) is 36.7 Å². The molecular weight excluding hydrogens is 288 g/mol. The van der Waals surface area contributed by atoms with Gasteiger partial charge in [-0.2, -0.15) is 4.98 Å². The maximum atomic E-state index is 5.34. The second-order valence-corrected chi connectivity index (χ2v) is 6.71. The third kappa shape index (κ3) is 3.61. The molecule has 2 aromatic heterocycles. The van der Waals surface area contributed by atoms with Gasteiger partial charge in [0, 0.05) is 6.42 Å². The number of tetrazole rings is 1. The molecule has 1 aliphatic rings. The summed E-state index contributed by atoms with van der Waals surface area (Å²) in [6, 6.07) is 0.509. The third-order valence-electron chi connectivity index (χ3n) is 3.50. The van der Waals surface area contributed by atoms with Crippen LogP contribution in [0.25, 0.3) is 0 Å². The maximum Gasteiger partial charge on any atom is 0.239 e. The highest BCUT2D eigenvalue weighted by Crippen LogP contribution is 2.36. The molecule has 7 nitrogen and oxygen atoms in total. The maximum absolute atomic E-state index is 5.34. The van der Waals surface area contributed by atoms with E-state index in [1.165, 1.54) is 12.8 Å². The van der Waals surface area contributed by atoms with Crippen LogP contribution in [0.1, 0.15) is 68.4 Å². The number of unbranched alkanes of at least 4 members (excludes halogenated alkanes) is 1. The first kappa shape index (κ1) is 14.5. The molecule has 2 heterocycles. The zero-order chi connectivity index (χ0) is 14.7. The van der Waals surface area contributed by atoms with Crippen molar-refractivity contribution < 1.29 is 4.52 Å². The Hall–Kier alpha value is -1.44. The molecule has 1 aliphatic carbocycles. The van der Waals surface area contributed by atoms with Crippen LogP contribution in [0.4, 0.5) is 0 Å². The first-order valence-electron chi connectivity index (χ1n) is 7.48. The lowest BCUT2D eigenvalue weighted by Gasteiger charge is -2.06. The van der Waals surface area contributed by atoms with Gasteiger partial charge in [-0.1, -0.05) is 18.5 Å². The Morgan fingerprint density at radius 3 is 3.05 bits per heavy atom. The Labute approximate surface area is 127 Å². The van der Waals surface area contributed by atoms with E-state index in [0.29, 0.717) is 11.9 Å². The normalized spacial score (nSPS) is 16.3. The quantitative estimate of drug-likeness (QED) is 0.741. The lowest BCUT2D eigenvalue weighted by Crippen LogP contribution is -2.03. The fourth-order valence-corrected chi connectivity index (χ4v) is 2.88.